The Morgan fingerprint density at radius 1 is 1.56 bits per heavy atom. The van der Waals surface area contributed by atoms with Crippen molar-refractivity contribution in [3.05, 3.63) is 0 Å². The highest BCUT2D eigenvalue weighted by Crippen LogP contribution is 1.76. The summed E-state index contributed by atoms with van der Waals surface area (Å²) in [6, 6.07) is 0. The molecule has 0 saturated heterocycles. The highest BCUT2D eigenvalue weighted by atomic mass is 32.2. The highest BCUT2D eigenvalue weighted by molar-refractivity contribution is 7.85. The second-order valence-corrected chi connectivity index (χ2v) is 2.89. The molecule has 1 radical (unpaired) electrons. The molecule has 0 spiro atoms. The molecule has 1 amide bonds. The fraction of sp³-hybridized carbons (Fsp3) is 0.667. The summed E-state index contributed by atoms with van der Waals surface area (Å²) in [4.78, 5) is 9.38. The lowest BCUT2D eigenvalue weighted by Gasteiger charge is -1.92. The minimum Gasteiger partial charge on any atom is -0.347 e. The van der Waals surface area contributed by atoms with Crippen molar-refractivity contribution in [3.8, 4) is 0 Å². The maximum absolute atomic E-state index is 9.89. The van der Waals surface area contributed by atoms with Crippen molar-refractivity contribution in [1.29, 1.82) is 0 Å². The molecule has 0 aromatic rings. The second kappa shape index (κ2) is 3.41. The van der Waals surface area contributed by atoms with Crippen molar-refractivity contribution in [2.75, 3.05) is 12.3 Å². The third-order valence-corrected chi connectivity index (χ3v) is 1.28. The zero-order valence-electron chi connectivity index (χ0n) is 4.49. The van der Waals surface area contributed by atoms with E-state index in [1.54, 1.807) is 0 Å². The minimum absolute atomic E-state index is 0.109. The van der Waals surface area contributed by atoms with Crippen LogP contribution in [0, 0.1) is 0 Å². The summed E-state index contributed by atoms with van der Waals surface area (Å²) in [6.45, 7) is -0.109. The number of nitrogens with one attached hydrogen (secondary N) is 1. The molecular formula is C3H6NO4S. The lowest BCUT2D eigenvalue weighted by molar-refractivity contribution is 0.482. The zero-order valence-corrected chi connectivity index (χ0v) is 5.31. The van der Waals surface area contributed by atoms with E-state index in [0.29, 0.717) is 0 Å². The Hall–Kier alpha value is -0.620. The van der Waals surface area contributed by atoms with Crippen molar-refractivity contribution < 1.29 is 17.8 Å². The molecule has 0 atom stereocenters. The summed E-state index contributed by atoms with van der Waals surface area (Å²) < 4.78 is 27.8. The SMILES string of the molecule is O=[C]NCCS(=O)(=O)O. The molecule has 0 aliphatic carbocycles. The van der Waals surface area contributed by atoms with Crippen LogP contribution >= 0.6 is 0 Å². The maximum atomic E-state index is 9.89. The van der Waals surface area contributed by atoms with E-state index < -0.39 is 15.9 Å². The highest BCUT2D eigenvalue weighted by Gasteiger charge is 2.01. The Balaban J connectivity index is 3.40. The number of hydrogen-bond acceptors (Lipinski definition) is 3. The summed E-state index contributed by atoms with van der Waals surface area (Å²) in [5.74, 6) is -0.470. The molecule has 0 aromatic heterocycles. The summed E-state index contributed by atoms with van der Waals surface area (Å²) in [5.41, 5.74) is 0. The second-order valence-electron chi connectivity index (χ2n) is 1.31. The van der Waals surface area contributed by atoms with Crippen LogP contribution < -0.4 is 5.32 Å². The van der Waals surface area contributed by atoms with Gasteiger partial charge in [-0.3, -0.25) is 9.35 Å². The molecule has 0 aliphatic rings. The van der Waals surface area contributed by atoms with Crippen molar-refractivity contribution in [3.63, 3.8) is 0 Å². The van der Waals surface area contributed by atoms with Gasteiger partial charge in [0, 0.05) is 6.54 Å². The van der Waals surface area contributed by atoms with E-state index in [1.807, 2.05) is 5.32 Å². The molecule has 0 bridgehead atoms. The van der Waals surface area contributed by atoms with Crippen LogP contribution in [0.4, 0.5) is 0 Å². The van der Waals surface area contributed by atoms with Crippen LogP contribution in [0.15, 0.2) is 0 Å². The van der Waals surface area contributed by atoms with Gasteiger partial charge in [-0.15, -0.1) is 0 Å². The van der Waals surface area contributed by atoms with Crippen LogP contribution in [0.2, 0.25) is 0 Å². The van der Waals surface area contributed by atoms with Crippen LogP contribution in [-0.2, 0) is 14.9 Å². The van der Waals surface area contributed by atoms with Crippen molar-refractivity contribution >= 4 is 16.5 Å². The first-order chi connectivity index (χ1) is 4.06. The van der Waals surface area contributed by atoms with Crippen LogP contribution in [0.25, 0.3) is 0 Å². The number of carbonyl (C=O) groups excluding carboxylic acids is 1. The molecule has 9 heavy (non-hydrogen) atoms. The quantitative estimate of drug-likeness (QED) is 0.292. The molecule has 0 aliphatic heterocycles. The maximum Gasteiger partial charge on any atom is 0.309 e. The number of amides is 1. The lowest BCUT2D eigenvalue weighted by Crippen LogP contribution is -2.20. The van der Waals surface area contributed by atoms with E-state index in [1.165, 1.54) is 6.41 Å². The Bertz CT molecular complexity index is 172. The number of hydrogen-bond donors (Lipinski definition) is 2. The molecule has 0 heterocycles. The predicted molar refractivity (Wildman–Crippen MR) is 30.1 cm³/mol. The third-order valence-electron chi connectivity index (χ3n) is 0.557. The van der Waals surface area contributed by atoms with E-state index in [2.05, 4.69) is 0 Å². The van der Waals surface area contributed by atoms with Crippen molar-refractivity contribution in [2.45, 2.75) is 0 Å². The largest absolute Gasteiger partial charge is 0.347 e. The number of rotatable bonds is 4. The zero-order chi connectivity index (χ0) is 7.33. The fourth-order valence-electron chi connectivity index (χ4n) is 0.231. The molecule has 0 fully saturated rings. The molecule has 5 nitrogen and oxygen atoms in total. The van der Waals surface area contributed by atoms with Crippen LogP contribution in [0.3, 0.4) is 0 Å². The van der Waals surface area contributed by atoms with E-state index in [9.17, 15) is 13.2 Å². The van der Waals surface area contributed by atoms with E-state index in [4.69, 9.17) is 4.55 Å². The van der Waals surface area contributed by atoms with Gasteiger partial charge in [0.25, 0.3) is 10.1 Å². The van der Waals surface area contributed by atoms with E-state index in [0.717, 1.165) is 0 Å². The topological polar surface area (TPSA) is 83.5 Å². The van der Waals surface area contributed by atoms with Gasteiger partial charge in [0.15, 0.2) is 0 Å². The molecule has 6 heteroatoms. The fourth-order valence-corrected chi connectivity index (χ4v) is 0.591. The first kappa shape index (κ1) is 8.38. The Morgan fingerprint density at radius 3 is 2.44 bits per heavy atom. The summed E-state index contributed by atoms with van der Waals surface area (Å²) in [7, 11) is -3.94. The van der Waals surface area contributed by atoms with Crippen molar-refractivity contribution in [1.82, 2.24) is 5.32 Å². The minimum atomic E-state index is -3.94. The van der Waals surface area contributed by atoms with Gasteiger partial charge >= 0.3 is 6.41 Å². The van der Waals surface area contributed by atoms with Gasteiger partial charge in [-0.05, 0) is 0 Å². The van der Waals surface area contributed by atoms with Gasteiger partial charge in [-0.2, -0.15) is 8.42 Å². The Labute approximate surface area is 52.8 Å². The van der Waals surface area contributed by atoms with Crippen LogP contribution in [-0.4, -0.2) is 31.7 Å². The molecule has 0 unspecified atom stereocenters. The van der Waals surface area contributed by atoms with Gasteiger partial charge in [-0.1, -0.05) is 0 Å². The third kappa shape index (κ3) is 7.38. The van der Waals surface area contributed by atoms with E-state index in [-0.39, 0.29) is 6.54 Å². The van der Waals surface area contributed by atoms with Crippen molar-refractivity contribution in [2.24, 2.45) is 0 Å². The lowest BCUT2D eigenvalue weighted by atomic mass is 10.8. The smallest absolute Gasteiger partial charge is 0.309 e. The summed E-state index contributed by atoms with van der Waals surface area (Å²) in [6.07, 6.45) is 1.26. The van der Waals surface area contributed by atoms with E-state index >= 15 is 0 Å². The Morgan fingerprint density at radius 2 is 2.11 bits per heavy atom. The molecular weight excluding hydrogens is 146 g/mol. The Kier molecular flexibility index (Phi) is 3.18. The monoisotopic (exact) mass is 152 g/mol. The molecule has 0 aromatic carbocycles. The molecule has 0 rings (SSSR count). The molecule has 53 valence electrons. The van der Waals surface area contributed by atoms with Crippen LogP contribution in [0.5, 0.6) is 0 Å². The van der Waals surface area contributed by atoms with Gasteiger partial charge in [-0.25, -0.2) is 0 Å². The predicted octanol–water partition coefficient (Wildman–Crippen LogP) is -1.47. The average Bonchev–Trinajstić information content (AvgIpc) is 1.63. The summed E-state index contributed by atoms with van der Waals surface area (Å²) >= 11 is 0. The van der Waals surface area contributed by atoms with Gasteiger partial charge in [0.05, 0.1) is 5.75 Å². The van der Waals surface area contributed by atoms with Crippen LogP contribution in [0.1, 0.15) is 0 Å². The first-order valence-corrected chi connectivity index (χ1v) is 3.72. The average molecular weight is 152 g/mol. The van der Waals surface area contributed by atoms with Gasteiger partial charge in [0.2, 0.25) is 0 Å². The normalized spacial score (nSPS) is 10.8. The molecule has 0 saturated carbocycles. The summed E-state index contributed by atoms with van der Waals surface area (Å²) in [5, 5.41) is 1.96. The molecule has 2 N–H and O–H groups in total. The standard InChI is InChI=1S/C3H6NO4S/c5-3-4-1-2-9(6,7)8/h1-2H2,(H,4,5)(H,6,7,8). The van der Waals surface area contributed by atoms with Gasteiger partial charge in [0.1, 0.15) is 0 Å². The van der Waals surface area contributed by atoms with Gasteiger partial charge < -0.3 is 5.32 Å². The first-order valence-electron chi connectivity index (χ1n) is 2.11.